The molecule has 0 saturated heterocycles. The molecule has 0 heterocycles. The molecule has 0 saturated carbocycles. The molecule has 3 aliphatic rings. The number of benzene rings is 15. The molecule has 0 aromatic heterocycles. The van der Waals surface area contributed by atoms with E-state index < -0.39 is 16.2 Å². The van der Waals surface area contributed by atoms with E-state index >= 15 is 0 Å². The van der Waals surface area contributed by atoms with Gasteiger partial charge in [-0.3, -0.25) is 0 Å². The van der Waals surface area contributed by atoms with E-state index in [4.69, 9.17) is 0 Å². The third-order valence-electron chi connectivity index (χ3n) is 20.7. The summed E-state index contributed by atoms with van der Waals surface area (Å²) < 4.78 is 0. The highest BCUT2D eigenvalue weighted by molar-refractivity contribution is 5.96. The maximum Gasteiger partial charge on any atom is 0.0734 e. The Balaban J connectivity index is 0.821. The number of fused-ring (bicyclic) bond motifs is 9. The summed E-state index contributed by atoms with van der Waals surface area (Å²) in [5.41, 5.74) is 29.4. The molecule has 0 radical (unpaired) electrons. The maximum atomic E-state index is 2.50. The first-order valence-corrected chi connectivity index (χ1v) is 33.1. The molecule has 0 unspecified atom stereocenters. The molecule has 2 nitrogen and oxygen atoms in total. The molecule has 446 valence electrons. The van der Waals surface area contributed by atoms with Crippen LogP contribution in [0.15, 0.2) is 388 Å². The Morgan fingerprint density at radius 3 is 1.00 bits per heavy atom. The first-order chi connectivity index (χ1) is 47.1. The Hall–Kier alpha value is -12.1. The molecule has 0 spiro atoms. The topological polar surface area (TPSA) is 6.48 Å². The van der Waals surface area contributed by atoms with Crippen LogP contribution in [0.3, 0.4) is 0 Å². The standard InChI is InChI=1S/C93H64N2/c1-7-31-67(32-8-1)91(68-33-9-2-10-34-68)84-51-23-21-48-80(84)82-61-60-77(64-88(82)91)94(76-45-28-41-72(63-76)92(69-35-11-3-12-36-69)85-52-24-19-46-78(85)79-47-20-25-53-86(79)92)74-58-56-65(57-59-74)66-30-27-44-75(62-66)95(73-42-17-6-18-43-73)89-55-29-50-83-81-49-22-26-54-87(81)93(90(83)89,70-37-13-4-14-38-70)71-39-15-5-16-40-71/h1-64H. The molecular formula is C93H64N2. The van der Waals surface area contributed by atoms with Crippen molar-refractivity contribution >= 4 is 34.1 Å². The lowest BCUT2D eigenvalue weighted by Gasteiger charge is -2.38. The number of hydrogen-bond donors (Lipinski definition) is 0. The molecule has 15 aromatic carbocycles. The fourth-order valence-corrected chi connectivity index (χ4v) is 16.9. The Labute approximate surface area is 556 Å². The van der Waals surface area contributed by atoms with Crippen molar-refractivity contribution < 1.29 is 0 Å². The number of hydrogen-bond acceptors (Lipinski definition) is 2. The van der Waals surface area contributed by atoms with Crippen LogP contribution in [0, 0.1) is 0 Å². The molecule has 18 rings (SSSR count). The minimum atomic E-state index is -0.613. The fraction of sp³-hybridized carbons (Fsp3) is 0.0323. The number of anilines is 6. The predicted molar refractivity (Wildman–Crippen MR) is 393 cm³/mol. The van der Waals surface area contributed by atoms with E-state index in [-0.39, 0.29) is 0 Å². The van der Waals surface area contributed by atoms with E-state index in [2.05, 4.69) is 398 Å². The smallest absolute Gasteiger partial charge is 0.0734 e. The van der Waals surface area contributed by atoms with Crippen LogP contribution in [0.5, 0.6) is 0 Å². The van der Waals surface area contributed by atoms with Gasteiger partial charge in [0.1, 0.15) is 0 Å². The van der Waals surface area contributed by atoms with Gasteiger partial charge in [0.05, 0.1) is 21.9 Å². The molecule has 3 aliphatic carbocycles. The summed E-state index contributed by atoms with van der Waals surface area (Å²) in [5, 5.41) is 0. The quantitative estimate of drug-likeness (QED) is 0.114. The normalized spacial score (nSPS) is 13.7. The average Bonchev–Trinajstić information content (AvgIpc) is 1.57. The molecule has 2 heteroatoms. The van der Waals surface area contributed by atoms with E-state index in [0.717, 1.165) is 45.3 Å². The number of nitrogens with zero attached hydrogens (tertiary/aromatic N) is 2. The monoisotopic (exact) mass is 1210 g/mol. The average molecular weight is 1210 g/mol. The van der Waals surface area contributed by atoms with Gasteiger partial charge < -0.3 is 9.80 Å². The van der Waals surface area contributed by atoms with E-state index in [1.54, 1.807) is 0 Å². The minimum Gasteiger partial charge on any atom is -0.310 e. The van der Waals surface area contributed by atoms with Gasteiger partial charge in [-0.05, 0) is 172 Å². The Morgan fingerprint density at radius 2 is 0.495 bits per heavy atom. The van der Waals surface area contributed by atoms with E-state index in [1.165, 1.54) is 100 Å². The van der Waals surface area contributed by atoms with Crippen LogP contribution in [0.2, 0.25) is 0 Å². The number of para-hydroxylation sites is 1. The van der Waals surface area contributed by atoms with Crippen LogP contribution in [0.25, 0.3) is 44.5 Å². The lowest BCUT2D eigenvalue weighted by molar-refractivity contribution is 0.767. The third-order valence-corrected chi connectivity index (χ3v) is 20.7. The van der Waals surface area contributed by atoms with Gasteiger partial charge in [0.15, 0.2) is 0 Å². The fourth-order valence-electron chi connectivity index (χ4n) is 16.9. The van der Waals surface area contributed by atoms with Gasteiger partial charge in [0, 0.05) is 34.0 Å². The lowest BCUT2D eigenvalue weighted by atomic mass is 9.67. The van der Waals surface area contributed by atoms with Crippen molar-refractivity contribution in [1.82, 2.24) is 0 Å². The Bertz CT molecular complexity index is 5230. The first kappa shape index (κ1) is 55.7. The van der Waals surface area contributed by atoms with Crippen LogP contribution in [-0.4, -0.2) is 0 Å². The first-order valence-electron chi connectivity index (χ1n) is 33.1. The predicted octanol–water partition coefficient (Wildman–Crippen LogP) is 23.4. The van der Waals surface area contributed by atoms with Crippen molar-refractivity contribution in [1.29, 1.82) is 0 Å². The number of rotatable bonds is 13. The van der Waals surface area contributed by atoms with Crippen LogP contribution in [-0.2, 0) is 16.2 Å². The molecule has 0 bridgehead atoms. The van der Waals surface area contributed by atoms with Crippen molar-refractivity contribution in [3.05, 3.63) is 455 Å². The SMILES string of the molecule is c1ccc(N(c2cccc(-c3ccc(N(c4cccc(C5(c6ccccc6)c6ccccc6-c6ccccc65)c4)c4ccc5c(c4)C(c4ccccc4)(c4ccccc4)c4ccccc4-5)cc3)c2)c2cccc3c2C(c2ccccc2)(c2ccccc2)c2ccccc2-3)cc1. The second-order valence-electron chi connectivity index (χ2n) is 25.3. The van der Waals surface area contributed by atoms with E-state index in [0.29, 0.717) is 0 Å². The highest BCUT2D eigenvalue weighted by atomic mass is 15.2. The van der Waals surface area contributed by atoms with Crippen molar-refractivity contribution in [2.24, 2.45) is 0 Å². The van der Waals surface area contributed by atoms with Crippen LogP contribution in [0.1, 0.15) is 66.8 Å². The Kier molecular flexibility index (Phi) is 13.3. The summed E-state index contributed by atoms with van der Waals surface area (Å²) in [6.45, 7) is 0. The molecule has 0 aliphatic heterocycles. The summed E-state index contributed by atoms with van der Waals surface area (Å²) >= 11 is 0. The van der Waals surface area contributed by atoms with Crippen LogP contribution < -0.4 is 9.80 Å². The van der Waals surface area contributed by atoms with Gasteiger partial charge in [-0.15, -0.1) is 0 Å². The summed E-state index contributed by atoms with van der Waals surface area (Å²) in [4.78, 5) is 4.98. The summed E-state index contributed by atoms with van der Waals surface area (Å²) in [5.74, 6) is 0. The zero-order valence-corrected chi connectivity index (χ0v) is 52.3. The highest BCUT2D eigenvalue weighted by Crippen LogP contribution is 2.62. The molecule has 0 amide bonds. The van der Waals surface area contributed by atoms with Crippen molar-refractivity contribution in [2.45, 2.75) is 16.2 Å². The maximum absolute atomic E-state index is 2.50. The third kappa shape index (κ3) is 8.44. The van der Waals surface area contributed by atoms with E-state index in [9.17, 15) is 0 Å². The van der Waals surface area contributed by atoms with Crippen molar-refractivity contribution in [3.8, 4) is 44.5 Å². The van der Waals surface area contributed by atoms with Crippen LogP contribution >= 0.6 is 0 Å². The van der Waals surface area contributed by atoms with Gasteiger partial charge in [-0.1, -0.05) is 322 Å². The van der Waals surface area contributed by atoms with Gasteiger partial charge in [-0.2, -0.15) is 0 Å². The lowest BCUT2D eigenvalue weighted by Crippen LogP contribution is -2.30. The van der Waals surface area contributed by atoms with Crippen molar-refractivity contribution in [2.75, 3.05) is 9.80 Å². The second-order valence-corrected chi connectivity index (χ2v) is 25.3. The zero-order valence-electron chi connectivity index (χ0n) is 52.3. The van der Waals surface area contributed by atoms with Gasteiger partial charge in [0.25, 0.3) is 0 Å². The van der Waals surface area contributed by atoms with Crippen LogP contribution in [0.4, 0.5) is 34.1 Å². The van der Waals surface area contributed by atoms with Gasteiger partial charge >= 0.3 is 0 Å². The largest absolute Gasteiger partial charge is 0.310 e. The van der Waals surface area contributed by atoms with E-state index in [1.807, 2.05) is 0 Å². The minimum absolute atomic E-state index is 0.594. The molecule has 95 heavy (non-hydrogen) atoms. The molecular weight excluding hydrogens is 1150 g/mol. The summed E-state index contributed by atoms with van der Waals surface area (Å²) in [7, 11) is 0. The molecule has 0 atom stereocenters. The molecule has 15 aromatic rings. The Morgan fingerprint density at radius 1 is 0.168 bits per heavy atom. The summed E-state index contributed by atoms with van der Waals surface area (Å²) in [6, 6.07) is 145. The molecule has 0 N–H and O–H groups in total. The van der Waals surface area contributed by atoms with Crippen molar-refractivity contribution in [3.63, 3.8) is 0 Å². The second kappa shape index (κ2) is 22.6. The zero-order chi connectivity index (χ0) is 62.9. The molecule has 0 fully saturated rings. The summed E-state index contributed by atoms with van der Waals surface area (Å²) in [6.07, 6.45) is 0. The highest BCUT2D eigenvalue weighted by Gasteiger charge is 2.50. The van der Waals surface area contributed by atoms with Gasteiger partial charge in [-0.25, -0.2) is 0 Å². The van der Waals surface area contributed by atoms with Gasteiger partial charge in [0.2, 0.25) is 0 Å².